The molecule has 7 heteroatoms. The number of ketones is 1. The minimum atomic E-state index is -0.838. The van der Waals surface area contributed by atoms with Crippen LogP contribution in [0.25, 0.3) is 0 Å². The number of carbonyl (C=O) groups is 2. The standard InChI is InChI=1S/C28H41ClN2O4/c1-7-23(33)27(6)17(2)14-22-21-9-8-19-15-20(31-35-13-12-30-18(3)32)10-11-25(19,4)28(21,29)24(34)16-26(22,27)5/h10-11,15,17,21-22,24,34H,7-9,12-14,16H2,1-6H3,(H,30,32)/b31-20+/t17-,21-,22-,24-,25-,26-,27+,28-/m0/s1. The monoisotopic (exact) mass is 504 g/mol. The lowest BCUT2D eigenvalue weighted by Crippen LogP contribution is -2.67. The van der Waals surface area contributed by atoms with Crippen LogP contribution in [0.1, 0.15) is 73.6 Å². The molecule has 6 nitrogen and oxygen atoms in total. The van der Waals surface area contributed by atoms with E-state index >= 15 is 0 Å². The van der Waals surface area contributed by atoms with Crippen LogP contribution in [0.2, 0.25) is 0 Å². The number of nitrogens with one attached hydrogen (secondary N) is 1. The average Bonchev–Trinajstić information content (AvgIpc) is 3.00. The number of alkyl halides is 1. The first-order chi connectivity index (χ1) is 16.4. The van der Waals surface area contributed by atoms with Crippen LogP contribution < -0.4 is 5.32 Å². The van der Waals surface area contributed by atoms with Gasteiger partial charge in [0.2, 0.25) is 5.91 Å². The summed E-state index contributed by atoms with van der Waals surface area (Å²) in [6, 6.07) is 0. The molecule has 3 saturated carbocycles. The summed E-state index contributed by atoms with van der Waals surface area (Å²) < 4.78 is 0. The third-order valence-electron chi connectivity index (χ3n) is 10.5. The van der Waals surface area contributed by atoms with Crippen LogP contribution in [0.4, 0.5) is 0 Å². The molecular formula is C28H41ClN2O4. The topological polar surface area (TPSA) is 88.0 Å². The van der Waals surface area contributed by atoms with Gasteiger partial charge in [-0.3, -0.25) is 9.59 Å². The van der Waals surface area contributed by atoms with Crippen LogP contribution in [-0.2, 0) is 14.4 Å². The molecule has 0 saturated heterocycles. The highest BCUT2D eigenvalue weighted by Gasteiger charge is 2.73. The number of aliphatic hydroxyl groups excluding tert-OH is 1. The molecule has 0 spiro atoms. The second-order valence-electron chi connectivity index (χ2n) is 11.8. The van der Waals surface area contributed by atoms with E-state index in [1.165, 1.54) is 6.92 Å². The Labute approximate surface area is 214 Å². The van der Waals surface area contributed by atoms with E-state index in [9.17, 15) is 14.7 Å². The summed E-state index contributed by atoms with van der Waals surface area (Å²) in [5, 5.41) is 18.7. The van der Waals surface area contributed by atoms with Gasteiger partial charge in [-0.05, 0) is 61.0 Å². The average molecular weight is 505 g/mol. The molecule has 3 fully saturated rings. The number of amides is 1. The SMILES string of the molecule is CCC(=O)[C@@]1(C)[C@@H](C)C[C@H]2[C@@H]3CCC4=C/C(=N/OCCNC(C)=O)C=C[C@]4(C)[C@@]3(Cl)[C@@H](O)C[C@@]21C. The van der Waals surface area contributed by atoms with Gasteiger partial charge in [0, 0.05) is 24.2 Å². The van der Waals surface area contributed by atoms with E-state index in [-0.39, 0.29) is 29.1 Å². The number of hydrogen-bond donors (Lipinski definition) is 2. The van der Waals surface area contributed by atoms with E-state index in [2.05, 4.69) is 44.2 Å². The van der Waals surface area contributed by atoms with Gasteiger partial charge in [-0.25, -0.2) is 0 Å². The zero-order valence-electron chi connectivity index (χ0n) is 22.0. The summed E-state index contributed by atoms with van der Waals surface area (Å²) in [7, 11) is 0. The number of fused-ring (bicyclic) bond motifs is 5. The third-order valence-corrected chi connectivity index (χ3v) is 11.4. The zero-order valence-corrected chi connectivity index (χ0v) is 22.7. The maximum atomic E-state index is 13.3. The molecule has 0 aromatic rings. The van der Waals surface area contributed by atoms with Gasteiger partial charge in [0.1, 0.15) is 18.1 Å². The number of aliphatic hydroxyl groups is 1. The highest BCUT2D eigenvalue weighted by atomic mass is 35.5. The Bertz CT molecular complexity index is 991. The van der Waals surface area contributed by atoms with E-state index in [0.717, 1.165) is 24.8 Å². The van der Waals surface area contributed by atoms with Crippen LogP contribution >= 0.6 is 11.6 Å². The van der Waals surface area contributed by atoms with E-state index in [0.29, 0.717) is 37.5 Å². The van der Waals surface area contributed by atoms with Crippen LogP contribution in [0, 0.1) is 34.0 Å². The molecule has 35 heavy (non-hydrogen) atoms. The van der Waals surface area contributed by atoms with Gasteiger partial charge < -0.3 is 15.3 Å². The van der Waals surface area contributed by atoms with Crippen LogP contribution in [0.5, 0.6) is 0 Å². The number of oxime groups is 1. The van der Waals surface area contributed by atoms with Crippen molar-refractivity contribution in [2.75, 3.05) is 13.2 Å². The largest absolute Gasteiger partial charge is 0.393 e. The molecule has 4 rings (SSSR count). The molecular weight excluding hydrogens is 464 g/mol. The van der Waals surface area contributed by atoms with Crippen molar-refractivity contribution in [1.29, 1.82) is 0 Å². The molecule has 2 N–H and O–H groups in total. The number of halogens is 1. The van der Waals surface area contributed by atoms with Gasteiger partial charge in [-0.15, -0.1) is 11.6 Å². The number of rotatable bonds is 6. The fourth-order valence-electron chi connectivity index (χ4n) is 8.19. The van der Waals surface area contributed by atoms with Gasteiger partial charge in [-0.2, -0.15) is 0 Å². The Kier molecular flexibility index (Phi) is 6.81. The van der Waals surface area contributed by atoms with Gasteiger partial charge in [0.15, 0.2) is 0 Å². The lowest BCUT2D eigenvalue weighted by molar-refractivity contribution is -0.151. The molecule has 1 amide bonds. The first-order valence-corrected chi connectivity index (χ1v) is 13.5. The fourth-order valence-corrected chi connectivity index (χ4v) is 8.71. The number of carbonyl (C=O) groups excluding carboxylic acids is 2. The minimum Gasteiger partial charge on any atom is -0.393 e. The van der Waals surface area contributed by atoms with Crippen LogP contribution in [0.15, 0.2) is 29.0 Å². The molecule has 4 aliphatic rings. The Morgan fingerprint density at radius 3 is 2.66 bits per heavy atom. The smallest absolute Gasteiger partial charge is 0.216 e. The maximum absolute atomic E-state index is 13.3. The molecule has 0 radical (unpaired) electrons. The normalized spacial score (nSPS) is 45.3. The molecule has 0 unspecified atom stereocenters. The van der Waals surface area contributed by atoms with Crippen molar-refractivity contribution in [3.63, 3.8) is 0 Å². The summed E-state index contributed by atoms with van der Waals surface area (Å²) in [6.45, 7) is 12.9. The quantitative estimate of drug-likeness (QED) is 0.309. The second kappa shape index (κ2) is 9.02. The third kappa shape index (κ3) is 3.65. The highest BCUT2D eigenvalue weighted by molar-refractivity contribution is 6.26. The highest BCUT2D eigenvalue weighted by Crippen LogP contribution is 2.73. The molecule has 0 heterocycles. The van der Waals surface area contributed by atoms with Crippen molar-refractivity contribution >= 4 is 29.0 Å². The summed E-state index contributed by atoms with van der Waals surface area (Å²) in [6.07, 6.45) is 9.13. The number of hydrogen-bond acceptors (Lipinski definition) is 5. The van der Waals surface area contributed by atoms with E-state index < -0.39 is 21.8 Å². The van der Waals surface area contributed by atoms with Crippen molar-refractivity contribution < 1.29 is 19.5 Å². The van der Waals surface area contributed by atoms with Crippen LogP contribution in [-0.4, -0.2) is 46.6 Å². The Balaban J connectivity index is 1.62. The van der Waals surface area contributed by atoms with Crippen molar-refractivity contribution in [1.82, 2.24) is 5.32 Å². The molecule has 4 aliphatic carbocycles. The predicted octanol–water partition coefficient (Wildman–Crippen LogP) is 4.80. The van der Waals surface area contributed by atoms with Crippen molar-refractivity contribution in [3.8, 4) is 0 Å². The van der Waals surface area contributed by atoms with E-state index in [4.69, 9.17) is 16.4 Å². The molecule has 8 atom stereocenters. The second-order valence-corrected chi connectivity index (χ2v) is 12.4. The lowest BCUT2D eigenvalue weighted by atomic mass is 9.44. The summed E-state index contributed by atoms with van der Waals surface area (Å²) in [5.41, 5.74) is 0.650. The first-order valence-electron chi connectivity index (χ1n) is 13.1. The van der Waals surface area contributed by atoms with E-state index in [1.54, 1.807) is 0 Å². The summed E-state index contributed by atoms with van der Waals surface area (Å²) in [4.78, 5) is 28.8. The molecule has 0 aliphatic heterocycles. The predicted molar refractivity (Wildman–Crippen MR) is 138 cm³/mol. The van der Waals surface area contributed by atoms with Gasteiger partial charge in [-0.1, -0.05) is 51.4 Å². The van der Waals surface area contributed by atoms with Crippen LogP contribution in [0.3, 0.4) is 0 Å². The van der Waals surface area contributed by atoms with Crippen molar-refractivity contribution in [2.45, 2.75) is 84.6 Å². The first kappa shape index (κ1) is 26.4. The van der Waals surface area contributed by atoms with Crippen molar-refractivity contribution in [2.24, 2.45) is 39.2 Å². The fraction of sp³-hybridized carbons (Fsp3) is 0.750. The maximum Gasteiger partial charge on any atom is 0.216 e. The Morgan fingerprint density at radius 2 is 2.00 bits per heavy atom. The van der Waals surface area contributed by atoms with Crippen molar-refractivity contribution in [3.05, 3.63) is 23.8 Å². The summed E-state index contributed by atoms with van der Waals surface area (Å²) in [5.74, 6) is 0.878. The summed E-state index contributed by atoms with van der Waals surface area (Å²) >= 11 is 7.61. The molecule has 0 aromatic heterocycles. The van der Waals surface area contributed by atoms with E-state index in [1.807, 2.05) is 19.1 Å². The van der Waals surface area contributed by atoms with Gasteiger partial charge in [0.25, 0.3) is 0 Å². The number of Topliss-reactive ketones (excluding diaryl/α,β-unsaturated/α-hetero) is 1. The molecule has 194 valence electrons. The molecule has 0 aromatic carbocycles. The zero-order chi connectivity index (χ0) is 25.8. The lowest BCUT2D eigenvalue weighted by Gasteiger charge is -2.64. The Hall–Kier alpha value is -1.66. The number of allylic oxidation sites excluding steroid dienone is 4. The number of nitrogens with zero attached hydrogens (tertiary/aromatic N) is 1. The Morgan fingerprint density at radius 1 is 1.29 bits per heavy atom. The van der Waals surface area contributed by atoms with Gasteiger partial charge in [0.05, 0.1) is 17.5 Å². The molecule has 0 bridgehead atoms. The van der Waals surface area contributed by atoms with Gasteiger partial charge >= 0.3 is 0 Å². The minimum absolute atomic E-state index is 0.0981.